The van der Waals surface area contributed by atoms with Gasteiger partial charge in [0.25, 0.3) is 0 Å². The zero-order valence-corrected chi connectivity index (χ0v) is 6.80. The molecule has 0 N–H and O–H groups in total. The summed E-state index contributed by atoms with van der Waals surface area (Å²) in [5.74, 6) is 0. The number of rotatable bonds is 4. The Balaban J connectivity index is 2.82. The molecular weight excluding hydrogens is 215 g/mol. The Morgan fingerprint density at radius 1 is 1.38 bits per heavy atom. The fourth-order valence-electron chi connectivity index (χ4n) is 0.382. The number of carbonyl (C=O) groups is 1. The van der Waals surface area contributed by atoms with Crippen molar-refractivity contribution in [2.45, 2.75) is 19.3 Å². The van der Waals surface area contributed by atoms with Gasteiger partial charge in [-0.3, -0.25) is 0 Å². The number of halogens is 1. The van der Waals surface area contributed by atoms with Crippen LogP contribution in [-0.4, -0.2) is 6.29 Å². The maximum Gasteiger partial charge on any atom is 0.120 e. The molecule has 0 unspecified atom stereocenters. The van der Waals surface area contributed by atoms with Crippen molar-refractivity contribution in [3.63, 3.8) is 0 Å². The molecular formula is C6H9IO. The van der Waals surface area contributed by atoms with Gasteiger partial charge in [0.1, 0.15) is 6.29 Å². The third-order valence-electron chi connectivity index (χ3n) is 0.782. The Kier molecular flexibility index (Phi) is 7.26. The summed E-state index contributed by atoms with van der Waals surface area (Å²) in [6, 6.07) is 0. The van der Waals surface area contributed by atoms with Gasteiger partial charge < -0.3 is 4.79 Å². The first-order chi connectivity index (χ1) is 3.91. The van der Waals surface area contributed by atoms with Crippen LogP contribution in [0, 0.1) is 0 Å². The lowest BCUT2D eigenvalue weighted by atomic mass is 10.2. The van der Waals surface area contributed by atoms with Crippen LogP contribution in [0.3, 0.4) is 0 Å². The van der Waals surface area contributed by atoms with Crippen molar-refractivity contribution in [2.75, 3.05) is 0 Å². The van der Waals surface area contributed by atoms with Gasteiger partial charge in [0.2, 0.25) is 0 Å². The van der Waals surface area contributed by atoms with E-state index in [0.717, 1.165) is 19.1 Å². The van der Waals surface area contributed by atoms with E-state index >= 15 is 0 Å². The Labute approximate surface area is 63.3 Å². The summed E-state index contributed by atoms with van der Waals surface area (Å²) >= 11 is 2.17. The molecule has 0 aromatic carbocycles. The van der Waals surface area contributed by atoms with Crippen LogP contribution in [-0.2, 0) is 4.79 Å². The summed E-state index contributed by atoms with van der Waals surface area (Å²) in [5, 5.41) is 0. The zero-order valence-electron chi connectivity index (χ0n) is 4.64. The molecule has 0 aliphatic carbocycles. The molecule has 0 aromatic heterocycles. The van der Waals surface area contributed by atoms with Crippen molar-refractivity contribution in [1.29, 1.82) is 0 Å². The highest BCUT2D eigenvalue weighted by molar-refractivity contribution is 14.1. The molecule has 0 bridgehead atoms. The van der Waals surface area contributed by atoms with Gasteiger partial charge in [-0.05, 0) is 16.9 Å². The lowest BCUT2D eigenvalue weighted by Gasteiger charge is -1.82. The standard InChI is InChI=1S/C6H9IO/c7-5-3-1-2-4-6-8/h3,5-6H,1-2,4H2. The number of carbonyl (C=O) groups excluding carboxylic acids is 1. The van der Waals surface area contributed by atoms with Gasteiger partial charge in [0.05, 0.1) is 0 Å². The van der Waals surface area contributed by atoms with Crippen LogP contribution in [0.5, 0.6) is 0 Å². The fraction of sp³-hybridized carbons (Fsp3) is 0.500. The largest absolute Gasteiger partial charge is 0.303 e. The van der Waals surface area contributed by atoms with E-state index < -0.39 is 0 Å². The summed E-state index contributed by atoms with van der Waals surface area (Å²) in [4.78, 5) is 9.74. The van der Waals surface area contributed by atoms with Gasteiger partial charge in [-0.1, -0.05) is 28.7 Å². The lowest BCUT2D eigenvalue weighted by Crippen LogP contribution is -1.72. The van der Waals surface area contributed by atoms with E-state index in [1.54, 1.807) is 0 Å². The number of hydrogen-bond donors (Lipinski definition) is 0. The van der Waals surface area contributed by atoms with Crippen LogP contribution < -0.4 is 0 Å². The number of unbranched alkanes of at least 4 members (excludes halogenated alkanes) is 2. The Morgan fingerprint density at radius 3 is 2.62 bits per heavy atom. The molecule has 0 aliphatic rings. The fourth-order valence-corrected chi connectivity index (χ4v) is 0.742. The monoisotopic (exact) mass is 224 g/mol. The second kappa shape index (κ2) is 7.14. The second-order valence-electron chi connectivity index (χ2n) is 1.46. The highest BCUT2D eigenvalue weighted by Crippen LogP contribution is 1.95. The van der Waals surface area contributed by atoms with E-state index in [2.05, 4.69) is 28.7 Å². The molecule has 0 amide bonds. The van der Waals surface area contributed by atoms with Crippen LogP contribution in [0.1, 0.15) is 19.3 Å². The quantitative estimate of drug-likeness (QED) is 0.406. The predicted octanol–water partition coefficient (Wildman–Crippen LogP) is 2.30. The van der Waals surface area contributed by atoms with Gasteiger partial charge in [0, 0.05) is 6.42 Å². The summed E-state index contributed by atoms with van der Waals surface area (Å²) in [6.45, 7) is 0. The molecule has 0 heterocycles. The van der Waals surface area contributed by atoms with Gasteiger partial charge in [-0.2, -0.15) is 0 Å². The van der Waals surface area contributed by atoms with E-state index in [-0.39, 0.29) is 0 Å². The maximum atomic E-state index is 9.74. The van der Waals surface area contributed by atoms with Crippen LogP contribution in [0.25, 0.3) is 0 Å². The summed E-state index contributed by atoms with van der Waals surface area (Å²) in [7, 11) is 0. The van der Waals surface area contributed by atoms with Crippen molar-refractivity contribution in [1.82, 2.24) is 0 Å². The highest BCUT2D eigenvalue weighted by atomic mass is 127. The predicted molar refractivity (Wildman–Crippen MR) is 43.1 cm³/mol. The van der Waals surface area contributed by atoms with Gasteiger partial charge in [-0.25, -0.2) is 0 Å². The van der Waals surface area contributed by atoms with E-state index in [9.17, 15) is 4.79 Å². The van der Waals surface area contributed by atoms with Crippen molar-refractivity contribution >= 4 is 28.9 Å². The van der Waals surface area contributed by atoms with Gasteiger partial charge in [-0.15, -0.1) is 0 Å². The van der Waals surface area contributed by atoms with Crippen LogP contribution in [0.15, 0.2) is 10.2 Å². The SMILES string of the molecule is O=CCCCC=CI. The third kappa shape index (κ3) is 6.14. The molecule has 8 heavy (non-hydrogen) atoms. The second-order valence-corrected chi connectivity index (χ2v) is 2.18. The van der Waals surface area contributed by atoms with E-state index in [0.29, 0.717) is 6.42 Å². The van der Waals surface area contributed by atoms with Gasteiger partial charge in [0.15, 0.2) is 0 Å². The number of hydrogen-bond acceptors (Lipinski definition) is 1. The van der Waals surface area contributed by atoms with Crippen molar-refractivity contribution in [3.05, 3.63) is 10.2 Å². The highest BCUT2D eigenvalue weighted by Gasteiger charge is 1.78. The van der Waals surface area contributed by atoms with Crippen molar-refractivity contribution in [3.8, 4) is 0 Å². The average Bonchev–Trinajstić information content (AvgIpc) is 1.81. The number of aldehydes is 1. The molecule has 2 heteroatoms. The maximum absolute atomic E-state index is 9.74. The molecule has 0 atom stereocenters. The minimum absolute atomic E-state index is 0.695. The topological polar surface area (TPSA) is 17.1 Å². The van der Waals surface area contributed by atoms with Crippen LogP contribution in [0.4, 0.5) is 0 Å². The van der Waals surface area contributed by atoms with Gasteiger partial charge >= 0.3 is 0 Å². The summed E-state index contributed by atoms with van der Waals surface area (Å²) in [5.41, 5.74) is 0. The normalized spacial score (nSPS) is 10.1. The van der Waals surface area contributed by atoms with Crippen LogP contribution in [0.2, 0.25) is 0 Å². The molecule has 0 fully saturated rings. The van der Waals surface area contributed by atoms with Crippen molar-refractivity contribution < 1.29 is 4.79 Å². The molecule has 0 radical (unpaired) electrons. The third-order valence-corrected chi connectivity index (χ3v) is 1.29. The first kappa shape index (κ1) is 8.14. The molecule has 0 aliphatic heterocycles. The lowest BCUT2D eigenvalue weighted by molar-refractivity contribution is -0.107. The Hall–Kier alpha value is 0.140. The Bertz CT molecular complexity index is 78.6. The molecule has 46 valence electrons. The van der Waals surface area contributed by atoms with Crippen LogP contribution >= 0.6 is 22.6 Å². The molecule has 0 spiro atoms. The first-order valence-electron chi connectivity index (χ1n) is 2.60. The van der Waals surface area contributed by atoms with E-state index in [1.165, 1.54) is 0 Å². The van der Waals surface area contributed by atoms with E-state index in [1.807, 2.05) is 4.08 Å². The summed E-state index contributed by atoms with van der Waals surface area (Å²) < 4.78 is 1.97. The zero-order chi connectivity index (χ0) is 6.24. The molecule has 0 saturated carbocycles. The molecule has 0 aromatic rings. The molecule has 1 nitrogen and oxygen atoms in total. The smallest absolute Gasteiger partial charge is 0.120 e. The van der Waals surface area contributed by atoms with E-state index in [4.69, 9.17) is 0 Å². The minimum atomic E-state index is 0.695. The average molecular weight is 224 g/mol. The minimum Gasteiger partial charge on any atom is -0.303 e. The summed E-state index contributed by atoms with van der Waals surface area (Å²) in [6.07, 6.45) is 5.73. The molecule has 0 rings (SSSR count). The van der Waals surface area contributed by atoms with Crippen molar-refractivity contribution in [2.24, 2.45) is 0 Å². The first-order valence-corrected chi connectivity index (χ1v) is 3.85. The Morgan fingerprint density at radius 2 is 2.12 bits per heavy atom. The number of allylic oxidation sites excluding steroid dienone is 1. The molecule has 0 saturated heterocycles.